The van der Waals surface area contributed by atoms with Gasteiger partial charge in [0.05, 0.1) is 12.7 Å². The van der Waals surface area contributed by atoms with Crippen LogP contribution in [-0.2, 0) is 6.54 Å². The van der Waals surface area contributed by atoms with E-state index in [1.807, 2.05) is 11.8 Å². The topological polar surface area (TPSA) is 40.7 Å². The van der Waals surface area contributed by atoms with Crippen LogP contribution in [0.1, 0.15) is 12.2 Å². The fourth-order valence-corrected chi connectivity index (χ4v) is 2.88. The number of H-pyrrole nitrogens is 1. The van der Waals surface area contributed by atoms with Crippen molar-refractivity contribution in [2.45, 2.75) is 19.0 Å². The van der Waals surface area contributed by atoms with Crippen molar-refractivity contribution in [3.8, 4) is 0 Å². The van der Waals surface area contributed by atoms with E-state index < -0.39 is 0 Å². The normalized spacial score (nSPS) is 22.4. The highest BCUT2D eigenvalue weighted by molar-refractivity contribution is 9.10. The van der Waals surface area contributed by atoms with Gasteiger partial charge in [-0.15, -0.1) is 0 Å². The molecule has 72 valence electrons. The highest BCUT2D eigenvalue weighted by atomic mass is 79.9. The van der Waals surface area contributed by atoms with Gasteiger partial charge in [-0.25, -0.2) is 4.98 Å². The van der Waals surface area contributed by atoms with Gasteiger partial charge in [0.15, 0.2) is 0 Å². The quantitative estimate of drug-likeness (QED) is 0.872. The van der Waals surface area contributed by atoms with E-state index in [-0.39, 0.29) is 0 Å². The van der Waals surface area contributed by atoms with Crippen LogP contribution < -0.4 is 5.32 Å². The Bertz CT molecular complexity index is 270. The van der Waals surface area contributed by atoms with Gasteiger partial charge in [-0.05, 0) is 28.1 Å². The summed E-state index contributed by atoms with van der Waals surface area (Å²) in [5, 5.41) is 3.48. The van der Waals surface area contributed by atoms with Crippen LogP contribution in [0, 0.1) is 0 Å². The van der Waals surface area contributed by atoms with Gasteiger partial charge in [0.2, 0.25) is 0 Å². The van der Waals surface area contributed by atoms with Crippen molar-refractivity contribution >= 4 is 27.7 Å². The number of thioether (sulfide) groups is 1. The molecule has 0 saturated carbocycles. The number of nitrogens with zero attached hydrogens (tertiary/aromatic N) is 1. The molecule has 0 aromatic carbocycles. The van der Waals surface area contributed by atoms with Crippen molar-refractivity contribution in [3.63, 3.8) is 0 Å². The molecule has 2 heterocycles. The Morgan fingerprint density at radius 3 is 3.31 bits per heavy atom. The van der Waals surface area contributed by atoms with Gasteiger partial charge < -0.3 is 10.3 Å². The van der Waals surface area contributed by atoms with E-state index in [2.05, 4.69) is 31.2 Å². The molecule has 0 bridgehead atoms. The summed E-state index contributed by atoms with van der Waals surface area (Å²) in [6.45, 7) is 0.844. The Hall–Kier alpha value is -0.0000000000000000833. The summed E-state index contributed by atoms with van der Waals surface area (Å²) in [6.07, 6.45) is 3.08. The average Bonchev–Trinajstić information content (AvgIpc) is 2.71. The van der Waals surface area contributed by atoms with Gasteiger partial charge in [0.25, 0.3) is 0 Å². The molecular formula is C8H12BrN3S. The molecule has 1 saturated heterocycles. The first-order chi connectivity index (χ1) is 6.34. The molecule has 5 heteroatoms. The Morgan fingerprint density at radius 1 is 1.77 bits per heavy atom. The number of hydrogen-bond donors (Lipinski definition) is 2. The number of nitrogens with one attached hydrogen (secondary N) is 2. The molecule has 1 aliphatic rings. The second kappa shape index (κ2) is 4.48. The first-order valence-electron chi connectivity index (χ1n) is 4.35. The highest BCUT2D eigenvalue weighted by Crippen LogP contribution is 2.17. The van der Waals surface area contributed by atoms with E-state index >= 15 is 0 Å². The van der Waals surface area contributed by atoms with Crippen LogP contribution in [0.15, 0.2) is 10.8 Å². The molecule has 0 aliphatic carbocycles. The number of rotatable bonds is 3. The lowest BCUT2D eigenvalue weighted by Crippen LogP contribution is -2.28. The van der Waals surface area contributed by atoms with Crippen LogP contribution in [-0.4, -0.2) is 27.5 Å². The standard InChI is InChI=1S/C8H12BrN3S/c9-7-3-11-8(12-7)4-10-6-1-2-13-5-6/h3,6,10H,1-2,4-5H2,(H,11,12). The summed E-state index contributed by atoms with van der Waals surface area (Å²) in [7, 11) is 0. The van der Waals surface area contributed by atoms with Gasteiger partial charge in [-0.3, -0.25) is 0 Å². The second-order valence-electron chi connectivity index (χ2n) is 3.12. The molecule has 0 amide bonds. The lowest BCUT2D eigenvalue weighted by molar-refractivity contribution is 0.547. The molecule has 1 unspecified atom stereocenters. The summed E-state index contributed by atoms with van der Waals surface area (Å²) in [5.41, 5.74) is 0. The van der Waals surface area contributed by atoms with Gasteiger partial charge in [-0.1, -0.05) is 0 Å². The zero-order valence-electron chi connectivity index (χ0n) is 7.22. The van der Waals surface area contributed by atoms with Gasteiger partial charge >= 0.3 is 0 Å². The van der Waals surface area contributed by atoms with Gasteiger partial charge in [-0.2, -0.15) is 11.8 Å². The maximum Gasteiger partial charge on any atom is 0.120 e. The molecule has 2 rings (SSSR count). The molecule has 1 fully saturated rings. The van der Waals surface area contributed by atoms with Crippen LogP contribution in [0.3, 0.4) is 0 Å². The summed E-state index contributed by atoms with van der Waals surface area (Å²) >= 11 is 5.36. The lowest BCUT2D eigenvalue weighted by atomic mass is 10.2. The van der Waals surface area contributed by atoms with E-state index in [0.29, 0.717) is 6.04 Å². The van der Waals surface area contributed by atoms with Crippen LogP contribution in [0.4, 0.5) is 0 Å². The SMILES string of the molecule is Brc1cnc(CNC2CCSC2)[nH]1. The van der Waals surface area contributed by atoms with E-state index in [0.717, 1.165) is 17.0 Å². The maximum absolute atomic E-state index is 4.21. The van der Waals surface area contributed by atoms with Crippen molar-refractivity contribution < 1.29 is 0 Å². The third kappa shape index (κ3) is 2.72. The fourth-order valence-electron chi connectivity index (χ4n) is 1.36. The van der Waals surface area contributed by atoms with Crippen molar-refractivity contribution in [2.24, 2.45) is 0 Å². The maximum atomic E-state index is 4.21. The number of imidazole rings is 1. The van der Waals surface area contributed by atoms with Crippen molar-refractivity contribution in [3.05, 3.63) is 16.6 Å². The Labute approximate surface area is 90.2 Å². The summed E-state index contributed by atoms with van der Waals surface area (Å²) in [4.78, 5) is 7.34. The summed E-state index contributed by atoms with van der Waals surface area (Å²) in [6, 6.07) is 0.675. The minimum atomic E-state index is 0.675. The minimum absolute atomic E-state index is 0.675. The Kier molecular flexibility index (Phi) is 3.29. The molecule has 1 aromatic rings. The fraction of sp³-hybridized carbons (Fsp3) is 0.625. The van der Waals surface area contributed by atoms with E-state index in [9.17, 15) is 0 Å². The average molecular weight is 262 g/mol. The summed E-state index contributed by atoms with van der Waals surface area (Å²) < 4.78 is 0.949. The first kappa shape index (κ1) is 9.55. The van der Waals surface area contributed by atoms with Crippen molar-refractivity contribution in [2.75, 3.05) is 11.5 Å². The van der Waals surface area contributed by atoms with E-state index in [4.69, 9.17) is 0 Å². The monoisotopic (exact) mass is 261 g/mol. The van der Waals surface area contributed by atoms with Crippen LogP contribution in [0.25, 0.3) is 0 Å². The molecule has 13 heavy (non-hydrogen) atoms. The zero-order valence-corrected chi connectivity index (χ0v) is 9.62. The van der Waals surface area contributed by atoms with E-state index in [1.54, 1.807) is 6.20 Å². The van der Waals surface area contributed by atoms with Crippen LogP contribution >= 0.6 is 27.7 Å². The van der Waals surface area contributed by atoms with Crippen molar-refractivity contribution in [1.29, 1.82) is 0 Å². The molecule has 0 radical (unpaired) electrons. The number of halogens is 1. The Balaban J connectivity index is 1.78. The molecule has 3 nitrogen and oxygen atoms in total. The molecule has 0 spiro atoms. The first-order valence-corrected chi connectivity index (χ1v) is 6.30. The summed E-state index contributed by atoms with van der Waals surface area (Å²) in [5.74, 6) is 3.53. The predicted molar refractivity (Wildman–Crippen MR) is 58.9 cm³/mol. The zero-order chi connectivity index (χ0) is 9.10. The van der Waals surface area contributed by atoms with Gasteiger partial charge in [0, 0.05) is 11.8 Å². The molecule has 2 N–H and O–H groups in total. The van der Waals surface area contributed by atoms with E-state index in [1.165, 1.54) is 17.9 Å². The number of aromatic amines is 1. The van der Waals surface area contributed by atoms with Crippen LogP contribution in [0.2, 0.25) is 0 Å². The third-order valence-electron chi connectivity index (χ3n) is 2.09. The molecule has 1 aromatic heterocycles. The lowest BCUT2D eigenvalue weighted by Gasteiger charge is -2.08. The number of aromatic nitrogens is 2. The largest absolute Gasteiger partial charge is 0.336 e. The van der Waals surface area contributed by atoms with Crippen LogP contribution in [0.5, 0.6) is 0 Å². The highest BCUT2D eigenvalue weighted by Gasteiger charge is 2.14. The third-order valence-corrected chi connectivity index (χ3v) is 3.65. The molecule has 1 aliphatic heterocycles. The minimum Gasteiger partial charge on any atom is -0.336 e. The Morgan fingerprint density at radius 2 is 2.69 bits per heavy atom. The van der Waals surface area contributed by atoms with Gasteiger partial charge in [0.1, 0.15) is 10.4 Å². The number of hydrogen-bond acceptors (Lipinski definition) is 3. The van der Waals surface area contributed by atoms with Crippen molar-refractivity contribution in [1.82, 2.24) is 15.3 Å². The molecular weight excluding hydrogens is 250 g/mol. The second-order valence-corrected chi connectivity index (χ2v) is 5.12. The molecule has 1 atom stereocenters. The predicted octanol–water partition coefficient (Wildman–Crippen LogP) is 1.77. The smallest absolute Gasteiger partial charge is 0.120 e.